The fourth-order valence-corrected chi connectivity index (χ4v) is 4.84. The van der Waals surface area contributed by atoms with Crippen molar-refractivity contribution in [2.45, 2.75) is 31.1 Å². The molecule has 1 aliphatic heterocycles. The van der Waals surface area contributed by atoms with Gasteiger partial charge < -0.3 is 4.74 Å². The summed E-state index contributed by atoms with van der Waals surface area (Å²) in [4.78, 5) is 0. The maximum absolute atomic E-state index is 13.7. The van der Waals surface area contributed by atoms with Gasteiger partial charge in [-0.2, -0.15) is 0 Å². The summed E-state index contributed by atoms with van der Waals surface area (Å²) in [6, 6.07) is 10.3. The van der Waals surface area contributed by atoms with Crippen molar-refractivity contribution < 1.29 is 21.9 Å². The van der Waals surface area contributed by atoms with E-state index in [1.165, 1.54) is 18.2 Å². The van der Waals surface area contributed by atoms with Crippen molar-refractivity contribution in [1.82, 2.24) is 4.72 Å². The Kier molecular flexibility index (Phi) is 5.41. The summed E-state index contributed by atoms with van der Waals surface area (Å²) in [5.41, 5.74) is 0.462. The smallest absolute Gasteiger partial charge is 0.216 e. The molecular weight excluding hydrogens is 360 g/mol. The maximum atomic E-state index is 13.7. The predicted octanol–water partition coefficient (Wildman–Crippen LogP) is 3.40. The van der Waals surface area contributed by atoms with Crippen LogP contribution >= 0.6 is 0 Å². The fourth-order valence-electron chi connectivity index (χ4n) is 3.23. The topological polar surface area (TPSA) is 55.4 Å². The van der Waals surface area contributed by atoms with Gasteiger partial charge in [0.15, 0.2) is 0 Å². The molecule has 1 aliphatic rings. The molecule has 0 aliphatic carbocycles. The standard InChI is InChI=1S/C19H21F2NO3S/c1-14-5-6-15(11-18(14)21)13-26(23,24)22-19(7-9-25-10-8-19)16-3-2-4-17(20)12-16/h2-6,11-12,22H,7-10,13H2,1H3. The minimum atomic E-state index is -3.78. The van der Waals surface area contributed by atoms with E-state index in [1.54, 1.807) is 31.2 Å². The zero-order valence-corrected chi connectivity index (χ0v) is 15.3. The van der Waals surface area contributed by atoms with Crippen LogP contribution in [0.1, 0.15) is 29.5 Å². The molecule has 0 saturated carbocycles. The normalized spacial score (nSPS) is 17.2. The van der Waals surface area contributed by atoms with Gasteiger partial charge in [-0.25, -0.2) is 21.9 Å². The largest absolute Gasteiger partial charge is 0.381 e. The number of hydrogen-bond acceptors (Lipinski definition) is 3. The first-order valence-electron chi connectivity index (χ1n) is 8.40. The Morgan fingerprint density at radius 2 is 1.85 bits per heavy atom. The van der Waals surface area contributed by atoms with Gasteiger partial charge >= 0.3 is 0 Å². The van der Waals surface area contributed by atoms with Gasteiger partial charge in [0.1, 0.15) is 11.6 Å². The second-order valence-electron chi connectivity index (χ2n) is 6.65. The summed E-state index contributed by atoms with van der Waals surface area (Å²) >= 11 is 0. The highest BCUT2D eigenvalue weighted by atomic mass is 32.2. The van der Waals surface area contributed by atoms with Crippen LogP contribution in [0.25, 0.3) is 0 Å². The van der Waals surface area contributed by atoms with Gasteiger partial charge in [-0.3, -0.25) is 0 Å². The Morgan fingerprint density at radius 1 is 1.12 bits per heavy atom. The second-order valence-corrected chi connectivity index (χ2v) is 8.37. The zero-order valence-electron chi connectivity index (χ0n) is 14.5. The van der Waals surface area contributed by atoms with Crippen molar-refractivity contribution in [3.05, 3.63) is 70.8 Å². The lowest BCUT2D eigenvalue weighted by Gasteiger charge is -2.38. The molecule has 4 nitrogen and oxygen atoms in total. The lowest BCUT2D eigenvalue weighted by atomic mass is 9.84. The van der Waals surface area contributed by atoms with Crippen LogP contribution in [0, 0.1) is 18.6 Å². The average Bonchev–Trinajstić information content (AvgIpc) is 2.58. The van der Waals surface area contributed by atoms with Crippen molar-refractivity contribution >= 4 is 10.0 Å². The van der Waals surface area contributed by atoms with Gasteiger partial charge in [0.05, 0.1) is 11.3 Å². The highest BCUT2D eigenvalue weighted by Gasteiger charge is 2.38. The number of halogens is 2. The van der Waals surface area contributed by atoms with Gasteiger partial charge in [-0.1, -0.05) is 24.3 Å². The molecule has 2 aromatic carbocycles. The van der Waals surface area contributed by atoms with Crippen LogP contribution in [0.2, 0.25) is 0 Å². The molecule has 2 aromatic rings. The summed E-state index contributed by atoms with van der Waals surface area (Å²) in [7, 11) is -3.78. The van der Waals surface area contributed by atoms with E-state index >= 15 is 0 Å². The minimum Gasteiger partial charge on any atom is -0.381 e. The Hall–Kier alpha value is -1.83. The Morgan fingerprint density at radius 3 is 2.50 bits per heavy atom. The molecule has 0 radical (unpaired) electrons. The van der Waals surface area contributed by atoms with Crippen LogP contribution in [0.15, 0.2) is 42.5 Å². The van der Waals surface area contributed by atoms with Crippen molar-refractivity contribution in [3.63, 3.8) is 0 Å². The molecular formula is C19H21F2NO3S. The third kappa shape index (κ3) is 4.28. The maximum Gasteiger partial charge on any atom is 0.216 e. The van der Waals surface area contributed by atoms with Crippen LogP contribution in [-0.4, -0.2) is 21.6 Å². The number of benzene rings is 2. The Balaban J connectivity index is 1.89. The molecule has 0 aromatic heterocycles. The highest BCUT2D eigenvalue weighted by molar-refractivity contribution is 7.88. The van der Waals surface area contributed by atoms with Crippen molar-refractivity contribution in [1.29, 1.82) is 0 Å². The second kappa shape index (κ2) is 7.42. The SMILES string of the molecule is Cc1ccc(CS(=O)(=O)NC2(c3cccc(F)c3)CCOCC2)cc1F. The number of aryl methyl sites for hydroxylation is 1. The van der Waals surface area contributed by atoms with Crippen LogP contribution in [0.3, 0.4) is 0 Å². The van der Waals surface area contributed by atoms with Crippen LogP contribution in [0.4, 0.5) is 8.78 Å². The lowest BCUT2D eigenvalue weighted by Crippen LogP contribution is -2.49. The molecule has 140 valence electrons. The minimum absolute atomic E-state index is 0.345. The van der Waals surface area contributed by atoms with Crippen LogP contribution in [0.5, 0.6) is 0 Å². The average molecular weight is 381 g/mol. The molecule has 1 N–H and O–H groups in total. The van der Waals surface area contributed by atoms with E-state index < -0.39 is 27.2 Å². The van der Waals surface area contributed by atoms with E-state index in [4.69, 9.17) is 4.74 Å². The summed E-state index contributed by atoms with van der Waals surface area (Å²) < 4.78 is 61.0. The van der Waals surface area contributed by atoms with Gasteiger partial charge in [0.25, 0.3) is 0 Å². The van der Waals surface area contributed by atoms with Gasteiger partial charge in [0.2, 0.25) is 10.0 Å². The number of ether oxygens (including phenoxy) is 1. The molecule has 1 fully saturated rings. The molecule has 1 saturated heterocycles. The summed E-state index contributed by atoms with van der Waals surface area (Å²) in [5, 5.41) is 0. The van der Waals surface area contributed by atoms with E-state index in [2.05, 4.69) is 4.72 Å². The Bertz CT molecular complexity index is 893. The first-order valence-corrected chi connectivity index (χ1v) is 10.1. The van der Waals surface area contributed by atoms with Crippen molar-refractivity contribution in [2.75, 3.05) is 13.2 Å². The summed E-state index contributed by atoms with van der Waals surface area (Å²) in [5.74, 6) is -1.21. The van der Waals surface area contributed by atoms with Gasteiger partial charge in [-0.05, 0) is 54.7 Å². The van der Waals surface area contributed by atoms with E-state index in [9.17, 15) is 17.2 Å². The van der Waals surface area contributed by atoms with E-state index in [0.717, 1.165) is 0 Å². The molecule has 0 unspecified atom stereocenters. The molecule has 0 atom stereocenters. The van der Waals surface area contributed by atoms with Crippen LogP contribution in [-0.2, 0) is 26.1 Å². The predicted molar refractivity (Wildman–Crippen MR) is 95.0 cm³/mol. The first-order chi connectivity index (χ1) is 12.3. The van der Waals surface area contributed by atoms with Crippen molar-refractivity contribution in [3.8, 4) is 0 Å². The van der Waals surface area contributed by atoms with E-state index in [0.29, 0.717) is 42.7 Å². The van der Waals surface area contributed by atoms with Crippen molar-refractivity contribution in [2.24, 2.45) is 0 Å². The fraction of sp³-hybridized carbons (Fsp3) is 0.368. The molecule has 26 heavy (non-hydrogen) atoms. The summed E-state index contributed by atoms with van der Waals surface area (Å²) in [6.07, 6.45) is 0.801. The number of hydrogen-bond donors (Lipinski definition) is 1. The van der Waals surface area contributed by atoms with E-state index in [1.807, 2.05) is 0 Å². The summed E-state index contributed by atoms with van der Waals surface area (Å²) in [6.45, 7) is 2.36. The number of sulfonamides is 1. The molecule has 0 spiro atoms. The third-order valence-corrected chi connectivity index (χ3v) is 6.08. The quantitative estimate of drug-likeness (QED) is 0.864. The first kappa shape index (κ1) is 18.9. The van der Waals surface area contributed by atoms with Gasteiger partial charge in [-0.15, -0.1) is 0 Å². The zero-order chi connectivity index (χ0) is 18.8. The molecule has 7 heteroatoms. The molecule has 1 heterocycles. The number of nitrogens with one attached hydrogen (secondary N) is 1. The van der Waals surface area contributed by atoms with Crippen LogP contribution < -0.4 is 4.72 Å². The molecule has 3 rings (SSSR count). The molecule has 0 bridgehead atoms. The third-order valence-electron chi connectivity index (χ3n) is 4.67. The lowest BCUT2D eigenvalue weighted by molar-refractivity contribution is 0.0458. The van der Waals surface area contributed by atoms with Gasteiger partial charge in [0, 0.05) is 13.2 Å². The monoisotopic (exact) mass is 381 g/mol. The molecule has 0 amide bonds. The van der Waals surface area contributed by atoms with E-state index in [-0.39, 0.29) is 5.75 Å². The highest BCUT2D eigenvalue weighted by Crippen LogP contribution is 2.33. The Labute approximate surface area is 152 Å². The number of rotatable bonds is 5.